The third kappa shape index (κ3) is 4.67. The van der Waals surface area contributed by atoms with Crippen LogP contribution >= 0.6 is 0 Å². The van der Waals surface area contributed by atoms with Gasteiger partial charge in [-0.15, -0.1) is 0 Å². The van der Waals surface area contributed by atoms with E-state index in [1.165, 1.54) is 12.1 Å². The number of likely N-dealkylation sites (tertiary alicyclic amines) is 2. The van der Waals surface area contributed by atoms with Crippen molar-refractivity contribution >= 4 is 12.0 Å². The lowest BCUT2D eigenvalue weighted by Crippen LogP contribution is -2.52. The molecule has 5 heteroatoms. The van der Waals surface area contributed by atoms with E-state index in [0.717, 1.165) is 51.0 Å². The molecular weight excluding hydrogens is 319 g/mol. The molecule has 1 aromatic carbocycles. The number of halogens is 1. The number of hydrogen-bond acceptors (Lipinski definition) is 3. The zero-order chi connectivity index (χ0) is 17.7. The molecule has 0 aliphatic carbocycles. The van der Waals surface area contributed by atoms with Crippen molar-refractivity contribution in [3.05, 3.63) is 41.7 Å². The molecule has 0 radical (unpaired) electrons. The molecule has 0 saturated carbocycles. The van der Waals surface area contributed by atoms with Gasteiger partial charge in [0.15, 0.2) is 0 Å². The number of rotatable bonds is 5. The summed E-state index contributed by atoms with van der Waals surface area (Å²) in [5.41, 5.74) is 1.25. The van der Waals surface area contributed by atoms with Gasteiger partial charge in [0.1, 0.15) is 5.82 Å². The molecule has 0 atom stereocenters. The molecule has 2 heterocycles. The second-order valence-corrected chi connectivity index (χ2v) is 7.29. The van der Waals surface area contributed by atoms with Gasteiger partial charge in [0, 0.05) is 26.1 Å². The lowest BCUT2D eigenvalue weighted by atomic mass is 9.72. The SMILES string of the molecule is O=C1CCC2(CCN(C/C=C/c3ccc(F)cc3)CC2)CN1CCO. The summed E-state index contributed by atoms with van der Waals surface area (Å²) in [5.74, 6) is -0.0241. The van der Waals surface area contributed by atoms with E-state index >= 15 is 0 Å². The highest BCUT2D eigenvalue weighted by molar-refractivity contribution is 5.77. The van der Waals surface area contributed by atoms with Gasteiger partial charge in [0.2, 0.25) is 5.91 Å². The number of piperidine rings is 2. The maximum Gasteiger partial charge on any atom is 0.222 e. The van der Waals surface area contributed by atoms with Gasteiger partial charge in [-0.2, -0.15) is 0 Å². The number of benzene rings is 1. The van der Waals surface area contributed by atoms with E-state index in [2.05, 4.69) is 11.0 Å². The van der Waals surface area contributed by atoms with Crippen LogP contribution in [-0.2, 0) is 4.79 Å². The summed E-state index contributed by atoms with van der Waals surface area (Å²) >= 11 is 0. The first-order valence-electron chi connectivity index (χ1n) is 9.13. The van der Waals surface area contributed by atoms with Crippen molar-refractivity contribution in [3.8, 4) is 0 Å². The van der Waals surface area contributed by atoms with E-state index in [4.69, 9.17) is 5.11 Å². The molecule has 3 rings (SSSR count). The Hall–Kier alpha value is -1.72. The van der Waals surface area contributed by atoms with Gasteiger partial charge in [0.05, 0.1) is 6.61 Å². The van der Waals surface area contributed by atoms with Gasteiger partial charge in [-0.05, 0) is 55.5 Å². The molecule has 136 valence electrons. The number of carbonyl (C=O) groups is 1. The van der Waals surface area contributed by atoms with Gasteiger partial charge in [-0.25, -0.2) is 4.39 Å². The van der Waals surface area contributed by atoms with Crippen LogP contribution in [0.25, 0.3) is 6.08 Å². The van der Waals surface area contributed by atoms with Crippen molar-refractivity contribution in [1.82, 2.24) is 9.80 Å². The summed E-state index contributed by atoms with van der Waals surface area (Å²) in [7, 11) is 0. The smallest absolute Gasteiger partial charge is 0.222 e. The Morgan fingerprint density at radius 3 is 2.56 bits per heavy atom. The third-order valence-corrected chi connectivity index (χ3v) is 5.58. The summed E-state index contributed by atoms with van der Waals surface area (Å²) in [4.78, 5) is 16.2. The molecule has 4 nitrogen and oxygen atoms in total. The van der Waals surface area contributed by atoms with Crippen LogP contribution in [0.2, 0.25) is 0 Å². The second kappa shape index (κ2) is 8.11. The Bertz CT molecular complexity index is 607. The highest BCUT2D eigenvalue weighted by Crippen LogP contribution is 2.40. The van der Waals surface area contributed by atoms with Gasteiger partial charge >= 0.3 is 0 Å². The van der Waals surface area contributed by atoms with Crippen LogP contribution in [0.15, 0.2) is 30.3 Å². The van der Waals surface area contributed by atoms with Crippen LogP contribution in [-0.4, -0.2) is 60.1 Å². The van der Waals surface area contributed by atoms with Gasteiger partial charge < -0.3 is 10.0 Å². The van der Waals surface area contributed by atoms with Crippen LogP contribution in [0.4, 0.5) is 4.39 Å². The molecule has 25 heavy (non-hydrogen) atoms. The summed E-state index contributed by atoms with van der Waals surface area (Å²) in [6, 6.07) is 6.53. The Kier molecular flexibility index (Phi) is 5.86. The summed E-state index contributed by atoms with van der Waals surface area (Å²) < 4.78 is 12.9. The fourth-order valence-corrected chi connectivity index (χ4v) is 3.96. The lowest BCUT2D eigenvalue weighted by Gasteiger charge is -2.47. The highest BCUT2D eigenvalue weighted by atomic mass is 19.1. The normalized spacial score (nSPS) is 21.4. The molecule has 2 saturated heterocycles. The minimum Gasteiger partial charge on any atom is -0.395 e. The van der Waals surface area contributed by atoms with Crippen LogP contribution < -0.4 is 0 Å². The molecule has 0 aromatic heterocycles. The minimum absolute atomic E-state index is 0.0438. The quantitative estimate of drug-likeness (QED) is 0.891. The Labute approximate surface area is 148 Å². The number of β-amino-alcohol motifs (C(OH)–C–C–N with tert-alkyl or cyclic N) is 1. The van der Waals surface area contributed by atoms with Crippen molar-refractivity contribution in [2.75, 3.05) is 39.3 Å². The first kappa shape index (κ1) is 18.1. The number of carbonyl (C=O) groups excluding carboxylic acids is 1. The average Bonchev–Trinajstić information content (AvgIpc) is 2.62. The molecule has 1 N–H and O–H groups in total. The van der Waals surface area contributed by atoms with Crippen LogP contribution in [0.3, 0.4) is 0 Å². The number of amides is 1. The second-order valence-electron chi connectivity index (χ2n) is 7.29. The molecule has 1 amide bonds. The number of aliphatic hydroxyl groups excluding tert-OH is 1. The van der Waals surface area contributed by atoms with E-state index in [1.807, 2.05) is 11.0 Å². The molecular formula is C20H27FN2O2. The lowest BCUT2D eigenvalue weighted by molar-refractivity contribution is -0.139. The van der Waals surface area contributed by atoms with Crippen molar-refractivity contribution < 1.29 is 14.3 Å². The predicted molar refractivity (Wildman–Crippen MR) is 96.4 cm³/mol. The van der Waals surface area contributed by atoms with E-state index in [1.54, 1.807) is 12.1 Å². The molecule has 2 aliphatic heterocycles. The average molecular weight is 346 g/mol. The van der Waals surface area contributed by atoms with E-state index in [-0.39, 0.29) is 23.7 Å². The largest absolute Gasteiger partial charge is 0.395 e. The van der Waals surface area contributed by atoms with Crippen molar-refractivity contribution in [2.24, 2.45) is 5.41 Å². The van der Waals surface area contributed by atoms with Gasteiger partial charge in [-0.3, -0.25) is 9.69 Å². The minimum atomic E-state index is -0.209. The molecule has 1 spiro atoms. The van der Waals surface area contributed by atoms with E-state index in [0.29, 0.717) is 13.0 Å². The number of hydrogen-bond donors (Lipinski definition) is 1. The monoisotopic (exact) mass is 346 g/mol. The van der Waals surface area contributed by atoms with Crippen LogP contribution in [0.5, 0.6) is 0 Å². The fourth-order valence-electron chi connectivity index (χ4n) is 3.96. The number of nitrogens with zero attached hydrogens (tertiary/aromatic N) is 2. The van der Waals surface area contributed by atoms with Crippen LogP contribution in [0, 0.1) is 11.2 Å². The van der Waals surface area contributed by atoms with Crippen molar-refractivity contribution in [2.45, 2.75) is 25.7 Å². The third-order valence-electron chi connectivity index (χ3n) is 5.58. The Balaban J connectivity index is 1.48. The molecule has 1 aromatic rings. The van der Waals surface area contributed by atoms with Gasteiger partial charge in [-0.1, -0.05) is 24.3 Å². The Morgan fingerprint density at radius 1 is 1.16 bits per heavy atom. The van der Waals surface area contributed by atoms with E-state index < -0.39 is 0 Å². The predicted octanol–water partition coefficient (Wildman–Crippen LogP) is 2.54. The first-order valence-corrected chi connectivity index (χ1v) is 9.13. The molecule has 2 aliphatic rings. The van der Waals surface area contributed by atoms with E-state index in [9.17, 15) is 9.18 Å². The van der Waals surface area contributed by atoms with Crippen molar-refractivity contribution in [1.29, 1.82) is 0 Å². The van der Waals surface area contributed by atoms with Gasteiger partial charge in [0.25, 0.3) is 0 Å². The summed E-state index contributed by atoms with van der Waals surface area (Å²) in [6.45, 7) is 4.27. The highest BCUT2D eigenvalue weighted by Gasteiger charge is 2.40. The summed E-state index contributed by atoms with van der Waals surface area (Å²) in [5, 5.41) is 9.14. The van der Waals surface area contributed by atoms with Crippen LogP contribution in [0.1, 0.15) is 31.2 Å². The number of aliphatic hydroxyl groups is 1. The topological polar surface area (TPSA) is 43.8 Å². The van der Waals surface area contributed by atoms with Crippen molar-refractivity contribution in [3.63, 3.8) is 0 Å². The fraction of sp³-hybridized carbons (Fsp3) is 0.550. The standard InChI is InChI=1S/C20H27FN2O2/c21-18-5-3-17(4-6-18)2-1-11-22-12-9-20(10-13-22)8-7-19(25)23(16-20)14-15-24/h1-6,24H,7-16H2/b2-1+. The first-order chi connectivity index (χ1) is 12.1. The maximum atomic E-state index is 12.9. The molecule has 0 unspecified atom stereocenters. The molecule has 0 bridgehead atoms. The maximum absolute atomic E-state index is 12.9. The zero-order valence-corrected chi connectivity index (χ0v) is 14.7. The summed E-state index contributed by atoms with van der Waals surface area (Å²) in [6.07, 6.45) is 7.97. The Morgan fingerprint density at radius 2 is 1.88 bits per heavy atom. The molecule has 2 fully saturated rings. The zero-order valence-electron chi connectivity index (χ0n) is 14.7.